The van der Waals surface area contributed by atoms with Gasteiger partial charge in [0.2, 0.25) is 5.91 Å². The Bertz CT molecular complexity index is 808. The van der Waals surface area contributed by atoms with Crippen molar-refractivity contribution >= 4 is 17.5 Å². The molecule has 154 valence electrons. The molecule has 1 amide bonds. The van der Waals surface area contributed by atoms with Crippen LogP contribution in [0.4, 0.5) is 11.6 Å². The molecule has 29 heavy (non-hydrogen) atoms. The van der Waals surface area contributed by atoms with Gasteiger partial charge in [-0.25, -0.2) is 9.97 Å². The third-order valence-electron chi connectivity index (χ3n) is 5.77. The highest BCUT2D eigenvalue weighted by atomic mass is 16.5. The largest absolute Gasteiger partial charge is 0.378 e. The molecule has 2 aliphatic heterocycles. The van der Waals surface area contributed by atoms with Crippen LogP contribution in [0.2, 0.25) is 0 Å². The van der Waals surface area contributed by atoms with Crippen LogP contribution in [-0.2, 0) is 16.0 Å². The van der Waals surface area contributed by atoms with E-state index in [2.05, 4.69) is 39.1 Å². The molecule has 2 aliphatic rings. The Morgan fingerprint density at radius 1 is 1.00 bits per heavy atom. The van der Waals surface area contributed by atoms with Gasteiger partial charge in [-0.15, -0.1) is 0 Å². The summed E-state index contributed by atoms with van der Waals surface area (Å²) in [4.78, 5) is 27.0. The Balaban J connectivity index is 1.27. The summed E-state index contributed by atoms with van der Waals surface area (Å²) < 4.78 is 6.10. The summed E-state index contributed by atoms with van der Waals surface area (Å²) in [5.41, 5.74) is 1.32. The second kappa shape index (κ2) is 9.22. The first-order valence-corrected chi connectivity index (χ1v) is 10.4. The predicted molar refractivity (Wildman–Crippen MR) is 113 cm³/mol. The molecule has 0 unspecified atom stereocenters. The third-order valence-corrected chi connectivity index (χ3v) is 5.77. The minimum absolute atomic E-state index is 0.130. The molecule has 0 bridgehead atoms. The quantitative estimate of drug-likeness (QED) is 0.745. The van der Waals surface area contributed by atoms with Crippen LogP contribution in [0.5, 0.6) is 0 Å². The first-order valence-electron chi connectivity index (χ1n) is 10.4. The molecular weight excluding hydrogens is 366 g/mol. The minimum Gasteiger partial charge on any atom is -0.378 e. The molecule has 0 saturated carbocycles. The monoisotopic (exact) mass is 395 g/mol. The summed E-state index contributed by atoms with van der Waals surface area (Å²) in [7, 11) is 1.84. The number of carbonyl (C=O) groups is 1. The molecule has 0 N–H and O–H groups in total. The van der Waals surface area contributed by atoms with Crippen LogP contribution in [0.3, 0.4) is 0 Å². The number of hydrogen-bond acceptors (Lipinski definition) is 6. The van der Waals surface area contributed by atoms with Gasteiger partial charge in [-0.1, -0.05) is 30.3 Å². The van der Waals surface area contributed by atoms with E-state index in [9.17, 15) is 4.79 Å². The molecule has 3 heterocycles. The highest BCUT2D eigenvalue weighted by Crippen LogP contribution is 2.23. The van der Waals surface area contributed by atoms with E-state index in [0.717, 1.165) is 63.7 Å². The van der Waals surface area contributed by atoms with Gasteiger partial charge >= 0.3 is 0 Å². The number of ether oxygens (including phenoxy) is 1. The van der Waals surface area contributed by atoms with Crippen molar-refractivity contribution in [1.82, 2.24) is 14.9 Å². The van der Waals surface area contributed by atoms with Crippen LogP contribution in [-0.4, -0.2) is 73.3 Å². The zero-order chi connectivity index (χ0) is 20.1. The average molecular weight is 396 g/mol. The molecule has 7 nitrogen and oxygen atoms in total. The fourth-order valence-electron chi connectivity index (χ4n) is 3.88. The van der Waals surface area contributed by atoms with E-state index in [0.29, 0.717) is 12.6 Å². The summed E-state index contributed by atoms with van der Waals surface area (Å²) in [5, 5.41) is 0. The van der Waals surface area contributed by atoms with Gasteiger partial charge in [0.1, 0.15) is 18.0 Å². The van der Waals surface area contributed by atoms with E-state index in [-0.39, 0.29) is 5.91 Å². The van der Waals surface area contributed by atoms with Gasteiger partial charge in [0.25, 0.3) is 0 Å². The number of benzene rings is 1. The van der Waals surface area contributed by atoms with Crippen molar-refractivity contribution in [2.45, 2.75) is 25.4 Å². The van der Waals surface area contributed by atoms with Crippen LogP contribution in [0.1, 0.15) is 18.4 Å². The van der Waals surface area contributed by atoms with Crippen LogP contribution >= 0.6 is 0 Å². The molecule has 7 heteroatoms. The molecule has 1 aromatic heterocycles. The van der Waals surface area contributed by atoms with Gasteiger partial charge in [0.05, 0.1) is 19.3 Å². The van der Waals surface area contributed by atoms with Crippen LogP contribution in [0, 0.1) is 0 Å². The standard InChI is InChI=1S/C22H29N5O2/c1-25-12-13-27(16-22(25)28)21-15-20(23-17-24-21)26-10-7-19(8-11-26)29-14-9-18-5-3-2-4-6-18/h2-6,15,17,19H,7-14,16H2,1H3. The number of rotatable bonds is 6. The molecule has 1 aromatic carbocycles. The summed E-state index contributed by atoms with van der Waals surface area (Å²) >= 11 is 0. The molecule has 4 rings (SSSR count). The van der Waals surface area contributed by atoms with Gasteiger partial charge in [-0.2, -0.15) is 0 Å². The van der Waals surface area contributed by atoms with Crippen molar-refractivity contribution in [2.75, 3.05) is 56.2 Å². The van der Waals surface area contributed by atoms with Crippen LogP contribution < -0.4 is 9.80 Å². The van der Waals surface area contributed by atoms with Crippen LogP contribution in [0.15, 0.2) is 42.7 Å². The van der Waals surface area contributed by atoms with Crippen molar-refractivity contribution in [2.24, 2.45) is 0 Å². The maximum atomic E-state index is 12.0. The Morgan fingerprint density at radius 3 is 2.45 bits per heavy atom. The molecule has 0 aliphatic carbocycles. The van der Waals surface area contributed by atoms with Gasteiger partial charge in [0.15, 0.2) is 0 Å². The van der Waals surface area contributed by atoms with E-state index in [1.165, 1.54) is 5.56 Å². The second-order valence-corrected chi connectivity index (χ2v) is 7.76. The van der Waals surface area contributed by atoms with Crippen molar-refractivity contribution in [1.29, 1.82) is 0 Å². The second-order valence-electron chi connectivity index (χ2n) is 7.76. The number of nitrogens with zero attached hydrogens (tertiary/aromatic N) is 5. The summed E-state index contributed by atoms with van der Waals surface area (Å²) in [6.07, 6.45) is 4.88. The van der Waals surface area contributed by atoms with Gasteiger partial charge in [0, 0.05) is 39.3 Å². The maximum Gasteiger partial charge on any atom is 0.241 e. The van der Waals surface area contributed by atoms with E-state index in [1.54, 1.807) is 11.2 Å². The summed E-state index contributed by atoms with van der Waals surface area (Å²) in [6.45, 7) is 4.52. The van der Waals surface area contributed by atoms with E-state index >= 15 is 0 Å². The predicted octanol–water partition coefficient (Wildman–Crippen LogP) is 1.98. The first-order chi connectivity index (χ1) is 14.2. The van der Waals surface area contributed by atoms with Crippen molar-refractivity contribution in [3.05, 3.63) is 48.3 Å². The minimum atomic E-state index is 0.130. The zero-order valence-electron chi connectivity index (χ0n) is 17.0. The van der Waals surface area contributed by atoms with Crippen molar-refractivity contribution in [3.8, 4) is 0 Å². The zero-order valence-corrected chi connectivity index (χ0v) is 17.0. The molecule has 0 radical (unpaired) electrons. The Labute approximate surface area is 172 Å². The smallest absolute Gasteiger partial charge is 0.241 e. The molecule has 2 fully saturated rings. The number of piperazine rings is 1. The first kappa shape index (κ1) is 19.6. The van der Waals surface area contributed by atoms with Gasteiger partial charge in [-0.3, -0.25) is 4.79 Å². The lowest BCUT2D eigenvalue weighted by molar-refractivity contribution is -0.129. The van der Waals surface area contributed by atoms with Gasteiger partial charge < -0.3 is 19.4 Å². The molecular formula is C22H29N5O2. The van der Waals surface area contributed by atoms with Crippen molar-refractivity contribution in [3.63, 3.8) is 0 Å². The number of likely N-dealkylation sites (N-methyl/N-ethyl adjacent to an activating group) is 1. The van der Waals surface area contributed by atoms with E-state index < -0.39 is 0 Å². The number of carbonyl (C=O) groups excluding carboxylic acids is 1. The number of piperidine rings is 1. The number of anilines is 2. The molecule has 2 aromatic rings. The average Bonchev–Trinajstić information content (AvgIpc) is 2.77. The molecule has 0 spiro atoms. The molecule has 2 saturated heterocycles. The van der Waals surface area contributed by atoms with E-state index in [1.807, 2.05) is 24.1 Å². The lowest BCUT2D eigenvalue weighted by Crippen LogP contribution is -2.49. The Kier molecular flexibility index (Phi) is 6.24. The number of aromatic nitrogens is 2. The topological polar surface area (TPSA) is 61.8 Å². The van der Waals surface area contributed by atoms with E-state index in [4.69, 9.17) is 4.74 Å². The lowest BCUT2D eigenvalue weighted by Gasteiger charge is -2.35. The number of amides is 1. The summed E-state index contributed by atoms with van der Waals surface area (Å²) in [5.74, 6) is 1.90. The van der Waals surface area contributed by atoms with Crippen LogP contribution in [0.25, 0.3) is 0 Å². The lowest BCUT2D eigenvalue weighted by atomic mass is 10.1. The molecule has 0 atom stereocenters. The SMILES string of the molecule is CN1CCN(c2cc(N3CCC(OCCc4ccccc4)CC3)ncn2)CC1=O. The maximum absolute atomic E-state index is 12.0. The fraction of sp³-hybridized carbons (Fsp3) is 0.500. The Morgan fingerprint density at radius 2 is 1.72 bits per heavy atom. The van der Waals surface area contributed by atoms with Gasteiger partial charge in [-0.05, 0) is 24.8 Å². The number of hydrogen-bond donors (Lipinski definition) is 0. The fourth-order valence-corrected chi connectivity index (χ4v) is 3.88. The third kappa shape index (κ3) is 5.03. The highest BCUT2D eigenvalue weighted by molar-refractivity contribution is 5.82. The summed E-state index contributed by atoms with van der Waals surface area (Å²) in [6, 6.07) is 12.5. The van der Waals surface area contributed by atoms with Crippen molar-refractivity contribution < 1.29 is 9.53 Å². The Hall–Kier alpha value is -2.67. The normalized spacial score (nSPS) is 18.4. The highest BCUT2D eigenvalue weighted by Gasteiger charge is 2.24.